The summed E-state index contributed by atoms with van der Waals surface area (Å²) in [5, 5.41) is 3.30. The summed E-state index contributed by atoms with van der Waals surface area (Å²) < 4.78 is 5.28. The van der Waals surface area contributed by atoms with E-state index in [0.29, 0.717) is 18.6 Å². The van der Waals surface area contributed by atoms with E-state index in [1.807, 2.05) is 25.7 Å². The minimum atomic E-state index is -0.150. The lowest BCUT2D eigenvalue weighted by atomic mass is 10.1. The van der Waals surface area contributed by atoms with Gasteiger partial charge in [-0.05, 0) is 38.8 Å². The third kappa shape index (κ3) is 4.00. The molecule has 1 rings (SSSR count). The van der Waals surface area contributed by atoms with E-state index in [4.69, 9.17) is 4.74 Å². The van der Waals surface area contributed by atoms with Crippen molar-refractivity contribution in [2.24, 2.45) is 5.92 Å². The molecule has 94 valence electrons. The van der Waals surface area contributed by atoms with Gasteiger partial charge in [-0.1, -0.05) is 13.8 Å². The number of amides is 1. The zero-order chi connectivity index (χ0) is 12.0. The highest BCUT2D eigenvalue weighted by molar-refractivity contribution is 5.68. The number of hydrogen-bond donors (Lipinski definition) is 1. The van der Waals surface area contributed by atoms with Gasteiger partial charge in [0.25, 0.3) is 0 Å². The smallest absolute Gasteiger partial charge is 0.410 e. The van der Waals surface area contributed by atoms with Gasteiger partial charge in [-0.3, -0.25) is 0 Å². The highest BCUT2D eigenvalue weighted by Crippen LogP contribution is 2.13. The molecular formula is C12H24N2O2. The first-order valence-corrected chi connectivity index (χ1v) is 6.29. The average molecular weight is 228 g/mol. The Morgan fingerprint density at radius 2 is 2.06 bits per heavy atom. The van der Waals surface area contributed by atoms with Gasteiger partial charge < -0.3 is 15.0 Å². The predicted octanol–water partition coefficient (Wildman–Crippen LogP) is 1.85. The van der Waals surface area contributed by atoms with Crippen LogP contribution in [0.4, 0.5) is 4.79 Å². The van der Waals surface area contributed by atoms with E-state index >= 15 is 0 Å². The van der Waals surface area contributed by atoms with Crippen molar-refractivity contribution in [2.45, 2.75) is 39.7 Å². The van der Waals surface area contributed by atoms with Gasteiger partial charge in [0, 0.05) is 12.6 Å². The van der Waals surface area contributed by atoms with Gasteiger partial charge in [0.15, 0.2) is 0 Å². The lowest BCUT2D eigenvalue weighted by molar-refractivity contribution is 0.0729. The summed E-state index contributed by atoms with van der Waals surface area (Å²) in [4.78, 5) is 13.7. The number of carbonyl (C=O) groups is 1. The van der Waals surface area contributed by atoms with Crippen molar-refractivity contribution in [3.05, 3.63) is 0 Å². The number of carbonyl (C=O) groups excluding carboxylic acids is 1. The van der Waals surface area contributed by atoms with Gasteiger partial charge in [0.1, 0.15) is 0 Å². The molecule has 1 saturated heterocycles. The third-order valence-electron chi connectivity index (χ3n) is 2.86. The molecule has 4 nitrogen and oxygen atoms in total. The van der Waals surface area contributed by atoms with Gasteiger partial charge in [-0.2, -0.15) is 0 Å². The van der Waals surface area contributed by atoms with Gasteiger partial charge in [0.2, 0.25) is 0 Å². The zero-order valence-electron chi connectivity index (χ0n) is 10.7. The summed E-state index contributed by atoms with van der Waals surface area (Å²) in [6.45, 7) is 9.36. The number of nitrogens with one attached hydrogen (secondary N) is 1. The molecule has 0 aliphatic carbocycles. The second-order valence-corrected chi connectivity index (χ2v) is 4.74. The molecule has 1 fully saturated rings. The van der Waals surface area contributed by atoms with Crippen LogP contribution in [0.2, 0.25) is 0 Å². The van der Waals surface area contributed by atoms with Crippen LogP contribution in [0.1, 0.15) is 33.6 Å². The molecule has 1 aliphatic rings. The van der Waals surface area contributed by atoms with Crippen molar-refractivity contribution in [3.63, 3.8) is 0 Å². The Bertz CT molecular complexity index is 213. The van der Waals surface area contributed by atoms with Gasteiger partial charge in [-0.25, -0.2) is 4.79 Å². The minimum Gasteiger partial charge on any atom is -0.449 e. The Hall–Kier alpha value is -0.770. The summed E-state index contributed by atoms with van der Waals surface area (Å²) in [5.74, 6) is 0.399. The number of ether oxygens (including phenoxy) is 1. The van der Waals surface area contributed by atoms with Crippen LogP contribution in [0, 0.1) is 5.92 Å². The highest BCUT2D eigenvalue weighted by Gasteiger charge is 2.24. The zero-order valence-corrected chi connectivity index (χ0v) is 10.7. The van der Waals surface area contributed by atoms with Crippen LogP contribution in [0.5, 0.6) is 0 Å². The molecule has 0 aromatic carbocycles. The predicted molar refractivity (Wildman–Crippen MR) is 64.5 cm³/mol. The summed E-state index contributed by atoms with van der Waals surface area (Å²) >= 11 is 0. The summed E-state index contributed by atoms with van der Waals surface area (Å²) in [5.41, 5.74) is 0. The maximum Gasteiger partial charge on any atom is 0.410 e. The first-order chi connectivity index (χ1) is 7.65. The number of nitrogens with zero attached hydrogens (tertiary/aromatic N) is 1. The fourth-order valence-electron chi connectivity index (χ4n) is 1.98. The second kappa shape index (κ2) is 6.74. The molecule has 16 heavy (non-hydrogen) atoms. The fourth-order valence-corrected chi connectivity index (χ4v) is 1.98. The molecule has 0 atom stereocenters. The monoisotopic (exact) mass is 228 g/mol. The van der Waals surface area contributed by atoms with Crippen LogP contribution in [-0.2, 0) is 4.74 Å². The van der Waals surface area contributed by atoms with Crippen molar-refractivity contribution in [1.29, 1.82) is 0 Å². The van der Waals surface area contributed by atoms with Crippen molar-refractivity contribution in [3.8, 4) is 0 Å². The Balaban J connectivity index is 2.41. The largest absolute Gasteiger partial charge is 0.449 e. The molecule has 0 radical (unpaired) electrons. The maximum absolute atomic E-state index is 11.9. The van der Waals surface area contributed by atoms with Gasteiger partial charge >= 0.3 is 6.09 Å². The first-order valence-electron chi connectivity index (χ1n) is 6.29. The van der Waals surface area contributed by atoms with Crippen LogP contribution in [-0.4, -0.2) is 43.3 Å². The Morgan fingerprint density at radius 1 is 1.44 bits per heavy atom. The van der Waals surface area contributed by atoms with Crippen molar-refractivity contribution in [2.75, 3.05) is 26.2 Å². The molecule has 0 spiro atoms. The van der Waals surface area contributed by atoms with Crippen LogP contribution >= 0.6 is 0 Å². The molecule has 1 heterocycles. The van der Waals surface area contributed by atoms with E-state index in [9.17, 15) is 4.79 Å². The average Bonchev–Trinajstić information content (AvgIpc) is 2.29. The van der Waals surface area contributed by atoms with Crippen molar-refractivity contribution in [1.82, 2.24) is 10.2 Å². The Labute approximate surface area is 98.3 Å². The SMILES string of the molecule is CCN(C(=O)OCC(C)C)C1CCNCC1. The molecule has 4 heteroatoms. The van der Waals surface area contributed by atoms with Crippen molar-refractivity contribution >= 4 is 6.09 Å². The molecule has 0 unspecified atom stereocenters. The van der Waals surface area contributed by atoms with Crippen LogP contribution in [0.15, 0.2) is 0 Å². The van der Waals surface area contributed by atoms with E-state index in [-0.39, 0.29) is 6.09 Å². The molecule has 1 aliphatic heterocycles. The van der Waals surface area contributed by atoms with E-state index in [1.54, 1.807) is 0 Å². The summed E-state index contributed by atoms with van der Waals surface area (Å²) in [6, 6.07) is 0.353. The second-order valence-electron chi connectivity index (χ2n) is 4.74. The molecule has 0 bridgehead atoms. The topological polar surface area (TPSA) is 41.6 Å². The molecule has 0 aromatic heterocycles. The lowest BCUT2D eigenvalue weighted by Crippen LogP contribution is -2.46. The number of hydrogen-bond acceptors (Lipinski definition) is 3. The van der Waals surface area contributed by atoms with Crippen molar-refractivity contribution < 1.29 is 9.53 Å². The van der Waals surface area contributed by atoms with E-state index in [0.717, 1.165) is 32.5 Å². The first kappa shape index (κ1) is 13.3. The molecule has 1 amide bonds. The maximum atomic E-state index is 11.9. The van der Waals surface area contributed by atoms with Crippen LogP contribution < -0.4 is 5.32 Å². The summed E-state index contributed by atoms with van der Waals surface area (Å²) in [6.07, 6.45) is 1.91. The lowest BCUT2D eigenvalue weighted by Gasteiger charge is -2.33. The minimum absolute atomic E-state index is 0.150. The Morgan fingerprint density at radius 3 is 2.56 bits per heavy atom. The highest BCUT2D eigenvalue weighted by atomic mass is 16.6. The summed E-state index contributed by atoms with van der Waals surface area (Å²) in [7, 11) is 0. The standard InChI is InChI=1S/C12H24N2O2/c1-4-14(11-5-7-13-8-6-11)12(15)16-9-10(2)3/h10-11,13H,4-9H2,1-3H3. The van der Waals surface area contributed by atoms with Gasteiger partial charge in [-0.15, -0.1) is 0 Å². The molecule has 1 N–H and O–H groups in total. The fraction of sp³-hybridized carbons (Fsp3) is 0.917. The molecule has 0 aromatic rings. The van der Waals surface area contributed by atoms with Gasteiger partial charge in [0.05, 0.1) is 6.61 Å². The van der Waals surface area contributed by atoms with E-state index in [1.165, 1.54) is 0 Å². The third-order valence-corrected chi connectivity index (χ3v) is 2.86. The number of rotatable bonds is 4. The van der Waals surface area contributed by atoms with E-state index < -0.39 is 0 Å². The van der Waals surface area contributed by atoms with Crippen LogP contribution in [0.3, 0.4) is 0 Å². The Kier molecular flexibility index (Phi) is 5.60. The van der Waals surface area contributed by atoms with Crippen LogP contribution in [0.25, 0.3) is 0 Å². The molecular weight excluding hydrogens is 204 g/mol. The normalized spacial score (nSPS) is 17.5. The molecule has 0 saturated carbocycles. The number of piperidine rings is 1. The van der Waals surface area contributed by atoms with E-state index in [2.05, 4.69) is 5.32 Å². The quantitative estimate of drug-likeness (QED) is 0.798.